The Morgan fingerprint density at radius 3 is 1.42 bits per heavy atom. The molecule has 0 saturated carbocycles. The number of carbonyl (C=O) groups is 3. The standard InChI is InChI=1S/2C14H27NO3.C12H18F6O3.2C4H10O3S/c2*1-2-3-4-5-6-7-14(16)18-13-10-15-8-11-17-12-9-15;1-6-8(2,3)7(19)21-9(4,5)10(20,11(13,14)15)12(16,17)18;2*1-3-4(2)8(5,6)7/h2*2-13H2,1H3;20H,6H2,1-5H3;2*4H,3H2,1-2H3,(H,5,6,7). The zero-order valence-corrected chi connectivity index (χ0v) is 47.1. The van der Waals surface area contributed by atoms with E-state index in [1.165, 1.54) is 78.0 Å². The largest absolute Gasteiger partial charge is 0.748 e. The number of ether oxygens (including phenoxy) is 5. The van der Waals surface area contributed by atoms with Gasteiger partial charge in [0.25, 0.3) is 15.7 Å². The van der Waals surface area contributed by atoms with Crippen LogP contribution in [0, 0.1) is 5.41 Å². The van der Waals surface area contributed by atoms with Crippen LogP contribution in [0.2, 0.25) is 0 Å². The number of halogens is 6. The molecule has 2 atom stereocenters. The van der Waals surface area contributed by atoms with Crippen molar-refractivity contribution in [3.63, 3.8) is 0 Å². The Bertz CT molecular complexity index is 1590. The highest BCUT2D eigenvalue weighted by Gasteiger charge is 2.78. The van der Waals surface area contributed by atoms with Gasteiger partial charge in [-0.05, 0) is 73.6 Å². The van der Waals surface area contributed by atoms with Crippen LogP contribution in [0.15, 0.2) is 0 Å². The number of rotatable bonds is 26. The number of nitrogens with zero attached hydrogens (tertiary/aromatic N) is 1. The third-order valence-electron chi connectivity index (χ3n) is 12.3. The van der Waals surface area contributed by atoms with Crippen molar-refractivity contribution in [2.45, 2.75) is 207 Å². The molecule has 2 aliphatic heterocycles. The molecule has 2 saturated heterocycles. The van der Waals surface area contributed by atoms with Gasteiger partial charge in [0.1, 0.15) is 32.8 Å². The summed E-state index contributed by atoms with van der Waals surface area (Å²) in [4.78, 5) is 38.4. The molecular formula is C48H92F6N2O15S2. The average Bonchev–Trinajstić information content (AvgIpc) is 3.30. The second kappa shape index (κ2) is 38.2. The molecule has 2 unspecified atom stereocenters. The summed E-state index contributed by atoms with van der Waals surface area (Å²) in [6.07, 6.45) is 1.76. The van der Waals surface area contributed by atoms with Gasteiger partial charge in [0.15, 0.2) is 5.60 Å². The Morgan fingerprint density at radius 1 is 0.671 bits per heavy atom. The molecule has 17 nitrogen and oxygen atoms in total. The average molecular weight is 1120 g/mol. The van der Waals surface area contributed by atoms with Crippen molar-refractivity contribution >= 4 is 38.1 Å². The van der Waals surface area contributed by atoms with E-state index < -0.39 is 65.7 Å². The first-order valence-electron chi connectivity index (χ1n) is 25.6. The lowest BCUT2D eigenvalue weighted by atomic mass is 9.83. The maximum Gasteiger partial charge on any atom is 0.430 e. The van der Waals surface area contributed by atoms with Gasteiger partial charge in [-0.1, -0.05) is 86.0 Å². The first-order valence-corrected chi connectivity index (χ1v) is 28.6. The highest BCUT2D eigenvalue weighted by atomic mass is 32.2. The molecule has 0 aromatic heterocycles. The van der Waals surface area contributed by atoms with Gasteiger partial charge in [-0.2, -0.15) is 34.8 Å². The zero-order chi connectivity index (χ0) is 57.2. The van der Waals surface area contributed by atoms with E-state index in [0.29, 0.717) is 52.7 Å². The van der Waals surface area contributed by atoms with Gasteiger partial charge in [-0.25, -0.2) is 8.42 Å². The number of alkyl halides is 6. The quantitative estimate of drug-likeness (QED) is 0.0248. The van der Waals surface area contributed by atoms with Crippen molar-refractivity contribution in [3.05, 3.63) is 0 Å². The molecule has 0 amide bonds. The predicted octanol–water partition coefficient (Wildman–Crippen LogP) is 7.63. The normalized spacial score (nSPS) is 16.1. The van der Waals surface area contributed by atoms with Crippen LogP contribution >= 0.6 is 0 Å². The van der Waals surface area contributed by atoms with Crippen molar-refractivity contribution < 1.29 is 100 Å². The van der Waals surface area contributed by atoms with Crippen molar-refractivity contribution in [3.8, 4) is 0 Å². The van der Waals surface area contributed by atoms with Gasteiger partial charge in [0.05, 0.1) is 47.2 Å². The molecule has 0 aromatic rings. The molecule has 2 aliphatic rings. The van der Waals surface area contributed by atoms with Crippen LogP contribution < -0.4 is 4.90 Å². The number of carbonyl (C=O) groups excluding carboxylic acids is 3. The van der Waals surface area contributed by atoms with Gasteiger partial charge < -0.3 is 38.2 Å². The third-order valence-corrected chi connectivity index (χ3v) is 15.0. The monoisotopic (exact) mass is 1110 g/mol. The number of unbranched alkanes of at least 4 members (excludes halogenated alkanes) is 8. The first-order chi connectivity index (χ1) is 33.6. The summed E-state index contributed by atoms with van der Waals surface area (Å²) >= 11 is 0. The molecule has 3 N–H and O–H groups in total. The fourth-order valence-electron chi connectivity index (χ4n) is 6.07. The van der Waals surface area contributed by atoms with Gasteiger partial charge in [0, 0.05) is 37.7 Å². The lowest BCUT2D eigenvalue weighted by molar-refractivity contribution is -0.908. The minimum Gasteiger partial charge on any atom is -0.748 e. The maximum absolute atomic E-state index is 12.8. The van der Waals surface area contributed by atoms with Crippen molar-refractivity contribution in [2.24, 2.45) is 5.41 Å². The zero-order valence-electron chi connectivity index (χ0n) is 45.5. The molecule has 2 heterocycles. The minimum atomic E-state index is -6.06. The molecule has 2 fully saturated rings. The van der Waals surface area contributed by atoms with E-state index in [1.54, 1.807) is 13.8 Å². The van der Waals surface area contributed by atoms with E-state index in [4.69, 9.17) is 23.5 Å². The van der Waals surface area contributed by atoms with E-state index in [0.717, 1.165) is 91.4 Å². The summed E-state index contributed by atoms with van der Waals surface area (Å²) < 4.78 is 161. The number of morpholine rings is 2. The minimum absolute atomic E-state index is 0.0286. The summed E-state index contributed by atoms with van der Waals surface area (Å²) in [6, 6.07) is 0. The fourth-order valence-corrected chi connectivity index (χ4v) is 6.90. The highest BCUT2D eigenvalue weighted by Crippen LogP contribution is 2.51. The number of hydrogen-bond donors (Lipinski definition) is 3. The molecule has 0 spiro atoms. The molecule has 0 aromatic carbocycles. The predicted molar refractivity (Wildman–Crippen MR) is 264 cm³/mol. The van der Waals surface area contributed by atoms with E-state index in [1.807, 2.05) is 0 Å². The van der Waals surface area contributed by atoms with Gasteiger partial charge in [-0.15, -0.1) is 0 Å². The molecule has 25 heteroatoms. The Hall–Kier alpha value is -2.39. The number of aliphatic hydroxyl groups is 1. The highest BCUT2D eigenvalue weighted by molar-refractivity contribution is 7.86. The van der Waals surface area contributed by atoms with Crippen molar-refractivity contribution in [2.75, 3.05) is 78.9 Å². The van der Waals surface area contributed by atoms with Crippen LogP contribution in [0.3, 0.4) is 0 Å². The van der Waals surface area contributed by atoms with Gasteiger partial charge >= 0.3 is 30.3 Å². The van der Waals surface area contributed by atoms with Crippen molar-refractivity contribution in [1.29, 1.82) is 0 Å². The number of esters is 3. The van der Waals surface area contributed by atoms with Crippen LogP contribution in [0.1, 0.15) is 172 Å². The van der Waals surface area contributed by atoms with E-state index in [2.05, 4.69) is 23.5 Å². The Kier molecular flexibility index (Phi) is 39.2. The summed E-state index contributed by atoms with van der Waals surface area (Å²) in [5.41, 5.74) is -9.70. The molecule has 0 bridgehead atoms. The van der Waals surface area contributed by atoms with Crippen LogP contribution in [0.4, 0.5) is 26.3 Å². The maximum atomic E-state index is 12.8. The molecule has 2 rings (SSSR count). The molecule has 0 radical (unpaired) electrons. The second-order valence-electron chi connectivity index (χ2n) is 19.1. The fraction of sp³-hybridized carbons (Fsp3) is 0.938. The molecular weight excluding hydrogens is 1020 g/mol. The van der Waals surface area contributed by atoms with Gasteiger partial charge in [0.2, 0.25) is 0 Å². The lowest BCUT2D eigenvalue weighted by Gasteiger charge is -2.44. The number of quaternary nitrogens is 1. The molecule has 0 aliphatic carbocycles. The van der Waals surface area contributed by atoms with Crippen LogP contribution in [0.5, 0.6) is 0 Å². The van der Waals surface area contributed by atoms with Crippen molar-refractivity contribution in [1.82, 2.24) is 4.90 Å². The lowest BCUT2D eigenvalue weighted by Crippen LogP contribution is -3.14. The van der Waals surface area contributed by atoms with E-state index in [-0.39, 0.29) is 18.4 Å². The Labute approximate surface area is 433 Å². The Morgan fingerprint density at radius 2 is 1.08 bits per heavy atom. The van der Waals surface area contributed by atoms with Crippen LogP contribution in [0.25, 0.3) is 0 Å². The van der Waals surface area contributed by atoms with Gasteiger partial charge in [-0.3, -0.25) is 23.8 Å². The summed E-state index contributed by atoms with van der Waals surface area (Å²) in [7, 11) is -7.76. The SMILES string of the molecule is CCC(C)(C)C(=O)OC(C)(C)C(O)(C(F)(F)F)C(F)(F)F.CCC(C)S(=O)(=O)O.CCC(C)S(=O)(=O)[O-].CCCCCCCC(=O)OCCN1CCOCC1.CCCCCCCC(=O)OCC[NH+]1CCOCC1. The number of hydrogen-bond acceptors (Lipinski definition) is 15. The van der Waals surface area contributed by atoms with E-state index >= 15 is 0 Å². The van der Waals surface area contributed by atoms with E-state index in [9.17, 15) is 67.2 Å². The Balaban J connectivity index is -0.000000878. The first kappa shape index (κ1) is 74.8. The third kappa shape index (κ3) is 34.1. The summed E-state index contributed by atoms with van der Waals surface area (Å²) in [6.45, 7) is 25.6. The van der Waals surface area contributed by atoms with Crippen LogP contribution in [-0.2, 0) is 58.3 Å². The number of nitrogens with one attached hydrogen (secondary N) is 1. The molecule has 73 heavy (non-hydrogen) atoms. The summed E-state index contributed by atoms with van der Waals surface area (Å²) in [5.74, 6) is -1.33. The van der Waals surface area contributed by atoms with Crippen LogP contribution in [-0.4, -0.2) is 167 Å². The smallest absolute Gasteiger partial charge is 0.430 e. The summed E-state index contributed by atoms with van der Waals surface area (Å²) in [5, 5.41) is 7.92. The topological polar surface area (TPSA) is 237 Å². The molecule has 438 valence electrons. The second-order valence-corrected chi connectivity index (χ2v) is 22.7.